The molecule has 5 nitrogen and oxygen atoms in total. The van der Waals surface area contributed by atoms with Gasteiger partial charge in [-0.3, -0.25) is 14.5 Å². The Labute approximate surface area is 159 Å². The molecule has 0 saturated heterocycles. The molecule has 3 rings (SSSR count). The number of hydrogen-bond acceptors (Lipinski definition) is 4. The number of aryl methyl sites for hydroxylation is 2. The van der Waals surface area contributed by atoms with Crippen molar-refractivity contribution < 1.29 is 14.3 Å². The third-order valence-corrected chi connectivity index (χ3v) is 4.50. The van der Waals surface area contributed by atoms with Crippen LogP contribution in [-0.2, 0) is 9.59 Å². The van der Waals surface area contributed by atoms with E-state index in [2.05, 4.69) is 11.4 Å². The Morgan fingerprint density at radius 2 is 1.52 bits per heavy atom. The molecule has 2 aromatic carbocycles. The van der Waals surface area contributed by atoms with E-state index in [0.717, 1.165) is 16.8 Å². The van der Waals surface area contributed by atoms with E-state index in [-0.39, 0.29) is 17.9 Å². The van der Waals surface area contributed by atoms with Crippen molar-refractivity contribution in [2.45, 2.75) is 33.7 Å². The molecule has 0 saturated carbocycles. The summed E-state index contributed by atoms with van der Waals surface area (Å²) in [5, 5.41) is 3.20. The van der Waals surface area contributed by atoms with Crippen molar-refractivity contribution in [3.8, 4) is 5.75 Å². The lowest BCUT2D eigenvalue weighted by Gasteiger charge is -2.19. The summed E-state index contributed by atoms with van der Waals surface area (Å²) in [6, 6.07) is 12.9. The van der Waals surface area contributed by atoms with Crippen LogP contribution in [0.5, 0.6) is 5.75 Å². The monoisotopic (exact) mass is 364 g/mol. The maximum Gasteiger partial charge on any atom is 0.278 e. The average molecular weight is 364 g/mol. The molecular formula is C22H24N2O3. The summed E-state index contributed by atoms with van der Waals surface area (Å²) < 4.78 is 5.19. The lowest BCUT2D eigenvalue weighted by Crippen LogP contribution is -2.38. The molecule has 2 aromatic rings. The van der Waals surface area contributed by atoms with Gasteiger partial charge in [0.05, 0.1) is 12.7 Å². The number of methoxy groups -OCH3 is 1. The molecule has 1 aliphatic rings. The van der Waals surface area contributed by atoms with Crippen molar-refractivity contribution in [1.29, 1.82) is 0 Å². The number of imide groups is 1. The van der Waals surface area contributed by atoms with Crippen molar-refractivity contribution in [2.75, 3.05) is 12.4 Å². The Hall–Kier alpha value is -3.08. The summed E-state index contributed by atoms with van der Waals surface area (Å²) in [6.07, 6.45) is 0. The van der Waals surface area contributed by atoms with E-state index in [4.69, 9.17) is 4.74 Å². The SMILES string of the molecule is COc1ccc(C2=C(Nc3cc(C)cc(C)c3)C(=O)N(C(C)C)C2=O)cc1. The normalized spacial score (nSPS) is 14.4. The number of carbonyl (C=O) groups excluding carboxylic acids is 2. The van der Waals surface area contributed by atoms with Crippen LogP contribution in [0.15, 0.2) is 48.2 Å². The predicted molar refractivity (Wildman–Crippen MR) is 106 cm³/mol. The van der Waals surface area contributed by atoms with Crippen LogP contribution in [-0.4, -0.2) is 29.9 Å². The van der Waals surface area contributed by atoms with Crippen molar-refractivity contribution in [2.24, 2.45) is 0 Å². The quantitative estimate of drug-likeness (QED) is 0.817. The summed E-state index contributed by atoms with van der Waals surface area (Å²) in [6.45, 7) is 7.67. The third-order valence-electron chi connectivity index (χ3n) is 4.50. The summed E-state index contributed by atoms with van der Waals surface area (Å²) in [7, 11) is 1.59. The van der Waals surface area contributed by atoms with E-state index in [0.29, 0.717) is 22.6 Å². The van der Waals surface area contributed by atoms with Gasteiger partial charge in [0.1, 0.15) is 11.4 Å². The first-order chi connectivity index (χ1) is 12.8. The molecule has 140 valence electrons. The Bertz CT molecular complexity index is 907. The average Bonchev–Trinajstić information content (AvgIpc) is 2.84. The van der Waals surface area contributed by atoms with E-state index >= 15 is 0 Å². The van der Waals surface area contributed by atoms with Gasteiger partial charge < -0.3 is 10.1 Å². The van der Waals surface area contributed by atoms with Crippen molar-refractivity contribution in [1.82, 2.24) is 4.90 Å². The zero-order valence-electron chi connectivity index (χ0n) is 16.3. The number of benzene rings is 2. The molecule has 0 spiro atoms. The minimum absolute atomic E-state index is 0.225. The van der Waals surface area contributed by atoms with Crippen molar-refractivity contribution in [3.05, 3.63) is 64.9 Å². The van der Waals surface area contributed by atoms with Crippen molar-refractivity contribution >= 4 is 23.1 Å². The Kier molecular flexibility index (Phi) is 5.04. The largest absolute Gasteiger partial charge is 0.497 e. The molecule has 0 unspecified atom stereocenters. The molecule has 0 aliphatic carbocycles. The molecule has 0 atom stereocenters. The molecule has 0 radical (unpaired) electrons. The number of carbonyl (C=O) groups is 2. The van der Waals surface area contributed by atoms with Gasteiger partial charge in [-0.05, 0) is 68.7 Å². The molecular weight excluding hydrogens is 340 g/mol. The first kappa shape index (κ1) is 18.7. The molecule has 27 heavy (non-hydrogen) atoms. The van der Waals surface area contributed by atoms with Crippen molar-refractivity contribution in [3.63, 3.8) is 0 Å². The standard InChI is InChI=1S/C22H24N2O3/c1-13(2)24-21(25)19(16-6-8-18(27-5)9-7-16)20(22(24)26)23-17-11-14(3)10-15(4)12-17/h6-13,23H,1-5H3. The van der Waals surface area contributed by atoms with Crippen LogP contribution >= 0.6 is 0 Å². The fraction of sp³-hybridized carbons (Fsp3) is 0.273. The van der Waals surface area contributed by atoms with Crippen LogP contribution in [0.4, 0.5) is 5.69 Å². The number of nitrogens with zero attached hydrogens (tertiary/aromatic N) is 1. The molecule has 0 aromatic heterocycles. The zero-order valence-corrected chi connectivity index (χ0v) is 16.3. The highest BCUT2D eigenvalue weighted by Crippen LogP contribution is 2.32. The Morgan fingerprint density at radius 3 is 2.04 bits per heavy atom. The second kappa shape index (κ2) is 7.27. The molecule has 0 fully saturated rings. The zero-order chi connectivity index (χ0) is 19.7. The number of ether oxygens (including phenoxy) is 1. The molecule has 1 heterocycles. The molecule has 0 bridgehead atoms. The highest BCUT2D eigenvalue weighted by Gasteiger charge is 2.40. The fourth-order valence-corrected chi connectivity index (χ4v) is 3.35. The minimum Gasteiger partial charge on any atom is -0.497 e. The van der Waals surface area contributed by atoms with E-state index in [1.54, 1.807) is 31.4 Å². The number of hydrogen-bond donors (Lipinski definition) is 1. The van der Waals surface area contributed by atoms with E-state index in [1.807, 2.05) is 39.8 Å². The summed E-state index contributed by atoms with van der Waals surface area (Å²) >= 11 is 0. The summed E-state index contributed by atoms with van der Waals surface area (Å²) in [5.41, 5.74) is 4.34. The van der Waals surface area contributed by atoms with Gasteiger partial charge >= 0.3 is 0 Å². The third kappa shape index (κ3) is 3.58. The number of nitrogens with one attached hydrogen (secondary N) is 1. The highest BCUT2D eigenvalue weighted by atomic mass is 16.5. The van der Waals surface area contributed by atoms with Crippen LogP contribution in [0.2, 0.25) is 0 Å². The molecule has 2 amide bonds. The molecule has 1 N–H and O–H groups in total. The lowest BCUT2D eigenvalue weighted by atomic mass is 10.0. The second-order valence-corrected chi connectivity index (χ2v) is 7.05. The van der Waals surface area contributed by atoms with Gasteiger partial charge in [-0.1, -0.05) is 18.2 Å². The number of anilines is 1. The van der Waals surface area contributed by atoms with Gasteiger partial charge in [0, 0.05) is 11.7 Å². The van der Waals surface area contributed by atoms with Crippen LogP contribution in [0.25, 0.3) is 5.57 Å². The van der Waals surface area contributed by atoms with Crippen LogP contribution in [0.1, 0.15) is 30.5 Å². The lowest BCUT2D eigenvalue weighted by molar-refractivity contribution is -0.138. The van der Waals surface area contributed by atoms with E-state index < -0.39 is 0 Å². The predicted octanol–water partition coefficient (Wildman–Crippen LogP) is 3.91. The smallest absolute Gasteiger partial charge is 0.278 e. The van der Waals surface area contributed by atoms with Gasteiger partial charge in [0.2, 0.25) is 0 Å². The fourth-order valence-electron chi connectivity index (χ4n) is 3.35. The Morgan fingerprint density at radius 1 is 0.926 bits per heavy atom. The number of amides is 2. The summed E-state index contributed by atoms with van der Waals surface area (Å²) in [5.74, 6) is 0.104. The van der Waals surface area contributed by atoms with Crippen LogP contribution < -0.4 is 10.1 Å². The van der Waals surface area contributed by atoms with Crippen LogP contribution in [0, 0.1) is 13.8 Å². The van der Waals surface area contributed by atoms with E-state index in [1.165, 1.54) is 4.90 Å². The van der Waals surface area contributed by atoms with E-state index in [9.17, 15) is 9.59 Å². The first-order valence-corrected chi connectivity index (χ1v) is 8.93. The van der Waals surface area contributed by atoms with Gasteiger partial charge in [-0.2, -0.15) is 0 Å². The summed E-state index contributed by atoms with van der Waals surface area (Å²) in [4.78, 5) is 27.3. The molecule has 5 heteroatoms. The molecule has 1 aliphatic heterocycles. The second-order valence-electron chi connectivity index (χ2n) is 7.05. The maximum absolute atomic E-state index is 13.0. The maximum atomic E-state index is 13.0. The Balaban J connectivity index is 2.10. The van der Waals surface area contributed by atoms with Crippen LogP contribution in [0.3, 0.4) is 0 Å². The van der Waals surface area contributed by atoms with Gasteiger partial charge in [0.25, 0.3) is 11.8 Å². The van der Waals surface area contributed by atoms with Gasteiger partial charge in [-0.15, -0.1) is 0 Å². The minimum atomic E-state index is -0.306. The highest BCUT2D eigenvalue weighted by molar-refractivity contribution is 6.36. The number of rotatable bonds is 5. The van der Waals surface area contributed by atoms with Gasteiger partial charge in [0.15, 0.2) is 0 Å². The van der Waals surface area contributed by atoms with Gasteiger partial charge in [-0.25, -0.2) is 0 Å². The first-order valence-electron chi connectivity index (χ1n) is 8.93. The topological polar surface area (TPSA) is 58.6 Å².